The van der Waals surface area contributed by atoms with Gasteiger partial charge < -0.3 is 15.3 Å². The Morgan fingerprint density at radius 3 is 2.41 bits per heavy atom. The van der Waals surface area contributed by atoms with Crippen molar-refractivity contribution >= 4 is 17.5 Å². The highest BCUT2D eigenvalue weighted by Crippen LogP contribution is 2.32. The average Bonchev–Trinajstić information content (AvgIpc) is 2.96. The molecule has 0 aliphatic carbocycles. The molecule has 0 saturated carbocycles. The van der Waals surface area contributed by atoms with Crippen molar-refractivity contribution < 1.29 is 27.9 Å². The maximum Gasteiger partial charge on any atom is 0.416 e. The van der Waals surface area contributed by atoms with Gasteiger partial charge in [-0.1, -0.05) is 36.4 Å². The molecule has 0 unspecified atom stereocenters. The lowest BCUT2D eigenvalue weighted by Gasteiger charge is -2.22. The standard InChI is InChI=1S/C19H17F3N2O3/c20-19(21,22)15-9-5-4-6-13(15)12-23-16(25)18(27)10-11-24(17(18)26)14-7-2-1-3-8-14/h1-9,27H,10-12H2,(H,23,25)/t18-/m0/s1. The highest BCUT2D eigenvalue weighted by atomic mass is 19.4. The van der Waals surface area contributed by atoms with Gasteiger partial charge >= 0.3 is 6.18 Å². The van der Waals surface area contributed by atoms with Crippen LogP contribution in [-0.4, -0.2) is 29.1 Å². The van der Waals surface area contributed by atoms with Crippen LogP contribution in [0.15, 0.2) is 54.6 Å². The van der Waals surface area contributed by atoms with E-state index in [-0.39, 0.29) is 18.5 Å². The average molecular weight is 378 g/mol. The van der Waals surface area contributed by atoms with Crippen LogP contribution in [0.25, 0.3) is 0 Å². The second-order valence-electron chi connectivity index (χ2n) is 6.24. The van der Waals surface area contributed by atoms with E-state index in [0.717, 1.165) is 6.07 Å². The number of carbonyl (C=O) groups excluding carboxylic acids is 2. The molecule has 1 aliphatic heterocycles. The van der Waals surface area contributed by atoms with E-state index in [2.05, 4.69) is 5.32 Å². The van der Waals surface area contributed by atoms with E-state index < -0.39 is 35.7 Å². The molecule has 0 radical (unpaired) electrons. The molecule has 8 heteroatoms. The summed E-state index contributed by atoms with van der Waals surface area (Å²) in [6, 6.07) is 13.3. The van der Waals surface area contributed by atoms with Crippen LogP contribution in [0.3, 0.4) is 0 Å². The zero-order valence-electron chi connectivity index (χ0n) is 14.2. The minimum Gasteiger partial charge on any atom is -0.372 e. The molecular weight excluding hydrogens is 361 g/mol. The molecule has 0 bridgehead atoms. The fraction of sp³-hybridized carbons (Fsp3) is 0.263. The molecule has 2 aromatic rings. The van der Waals surface area contributed by atoms with Gasteiger partial charge in [0.05, 0.1) is 5.56 Å². The van der Waals surface area contributed by atoms with Gasteiger partial charge in [-0.3, -0.25) is 9.59 Å². The first kappa shape index (κ1) is 18.9. The monoisotopic (exact) mass is 378 g/mol. The van der Waals surface area contributed by atoms with Gasteiger partial charge in [-0.05, 0) is 23.8 Å². The fourth-order valence-corrected chi connectivity index (χ4v) is 3.04. The molecule has 1 heterocycles. The summed E-state index contributed by atoms with van der Waals surface area (Å²) < 4.78 is 39.1. The number of hydrogen-bond donors (Lipinski definition) is 2. The minimum absolute atomic E-state index is 0.131. The van der Waals surface area contributed by atoms with Crippen LogP contribution in [0, 0.1) is 0 Å². The third-order valence-electron chi connectivity index (χ3n) is 4.50. The molecule has 1 fully saturated rings. The van der Waals surface area contributed by atoms with E-state index in [4.69, 9.17) is 0 Å². The van der Waals surface area contributed by atoms with Gasteiger partial charge in [0.25, 0.3) is 11.8 Å². The number of amides is 2. The van der Waals surface area contributed by atoms with Crippen molar-refractivity contribution in [1.29, 1.82) is 0 Å². The molecular formula is C19H17F3N2O3. The van der Waals surface area contributed by atoms with Crippen LogP contribution < -0.4 is 10.2 Å². The first-order valence-electron chi connectivity index (χ1n) is 8.26. The molecule has 1 saturated heterocycles. The number of nitrogens with zero attached hydrogens (tertiary/aromatic N) is 1. The van der Waals surface area contributed by atoms with Crippen LogP contribution in [0.4, 0.5) is 18.9 Å². The van der Waals surface area contributed by atoms with E-state index >= 15 is 0 Å². The van der Waals surface area contributed by atoms with E-state index in [1.54, 1.807) is 30.3 Å². The lowest BCUT2D eigenvalue weighted by atomic mass is 10.0. The van der Waals surface area contributed by atoms with Crippen molar-refractivity contribution in [3.63, 3.8) is 0 Å². The number of hydrogen-bond acceptors (Lipinski definition) is 3. The maximum atomic E-state index is 13.0. The maximum absolute atomic E-state index is 13.0. The first-order chi connectivity index (χ1) is 12.7. The Kier molecular flexibility index (Phi) is 4.93. The van der Waals surface area contributed by atoms with E-state index in [1.807, 2.05) is 0 Å². The number of rotatable bonds is 4. The number of aliphatic hydroxyl groups is 1. The third kappa shape index (κ3) is 3.66. The van der Waals surface area contributed by atoms with Gasteiger partial charge in [0.2, 0.25) is 5.60 Å². The topological polar surface area (TPSA) is 69.6 Å². The summed E-state index contributed by atoms with van der Waals surface area (Å²) in [7, 11) is 0. The molecule has 2 aromatic carbocycles. The number of nitrogens with one attached hydrogen (secondary N) is 1. The number of anilines is 1. The number of alkyl halides is 3. The Morgan fingerprint density at radius 1 is 1.11 bits per heavy atom. The third-order valence-corrected chi connectivity index (χ3v) is 4.50. The van der Waals surface area contributed by atoms with Gasteiger partial charge in [-0.25, -0.2) is 0 Å². The molecule has 1 aliphatic rings. The lowest BCUT2D eigenvalue weighted by molar-refractivity contribution is -0.149. The SMILES string of the molecule is O=C(NCc1ccccc1C(F)(F)F)[C@@]1(O)CCN(c2ccccc2)C1=O. The van der Waals surface area contributed by atoms with Crippen LogP contribution in [-0.2, 0) is 22.3 Å². The molecule has 2 amide bonds. The molecule has 5 nitrogen and oxygen atoms in total. The van der Waals surface area contributed by atoms with Gasteiger partial charge in [-0.2, -0.15) is 13.2 Å². The summed E-state index contributed by atoms with van der Waals surface area (Å²) in [5.74, 6) is -1.81. The minimum atomic E-state index is -4.56. The summed E-state index contributed by atoms with van der Waals surface area (Å²) in [4.78, 5) is 26.2. The summed E-state index contributed by atoms with van der Waals surface area (Å²) in [5.41, 5.74) is -2.79. The van der Waals surface area contributed by atoms with Crippen molar-refractivity contribution in [3.05, 3.63) is 65.7 Å². The van der Waals surface area contributed by atoms with Gasteiger partial charge in [-0.15, -0.1) is 0 Å². The van der Waals surface area contributed by atoms with Gasteiger partial charge in [0.15, 0.2) is 0 Å². The lowest BCUT2D eigenvalue weighted by Crippen LogP contribution is -2.52. The van der Waals surface area contributed by atoms with Crippen molar-refractivity contribution in [3.8, 4) is 0 Å². The highest BCUT2D eigenvalue weighted by Gasteiger charge is 2.51. The smallest absolute Gasteiger partial charge is 0.372 e. The number of para-hydroxylation sites is 1. The quantitative estimate of drug-likeness (QED) is 0.804. The molecule has 0 spiro atoms. The summed E-state index contributed by atoms with van der Waals surface area (Å²) in [6.07, 6.45) is -4.71. The second kappa shape index (κ2) is 7.03. The normalized spacial score (nSPS) is 20.0. The Labute approximate surface area is 153 Å². The summed E-state index contributed by atoms with van der Waals surface area (Å²) in [6.45, 7) is -0.318. The fourth-order valence-electron chi connectivity index (χ4n) is 3.04. The summed E-state index contributed by atoms with van der Waals surface area (Å²) in [5, 5.41) is 12.8. The molecule has 0 aromatic heterocycles. The molecule has 142 valence electrons. The number of halogens is 3. The zero-order valence-corrected chi connectivity index (χ0v) is 14.2. The van der Waals surface area contributed by atoms with Crippen molar-refractivity contribution in [2.75, 3.05) is 11.4 Å². The zero-order chi connectivity index (χ0) is 19.7. The van der Waals surface area contributed by atoms with Crippen molar-refractivity contribution in [2.24, 2.45) is 0 Å². The largest absolute Gasteiger partial charge is 0.416 e. The van der Waals surface area contributed by atoms with Crippen LogP contribution >= 0.6 is 0 Å². The van der Waals surface area contributed by atoms with Gasteiger partial charge in [0, 0.05) is 25.2 Å². The molecule has 1 atom stereocenters. The second-order valence-corrected chi connectivity index (χ2v) is 6.24. The van der Waals surface area contributed by atoms with Crippen molar-refractivity contribution in [2.45, 2.75) is 24.7 Å². The number of carbonyl (C=O) groups is 2. The van der Waals surface area contributed by atoms with Crippen LogP contribution in [0.2, 0.25) is 0 Å². The molecule has 27 heavy (non-hydrogen) atoms. The molecule has 3 rings (SSSR count). The summed E-state index contributed by atoms with van der Waals surface area (Å²) >= 11 is 0. The predicted molar refractivity (Wildman–Crippen MR) is 91.7 cm³/mol. The van der Waals surface area contributed by atoms with Crippen LogP contribution in [0.1, 0.15) is 17.5 Å². The highest BCUT2D eigenvalue weighted by molar-refractivity contribution is 6.16. The van der Waals surface area contributed by atoms with Crippen molar-refractivity contribution in [1.82, 2.24) is 5.32 Å². The predicted octanol–water partition coefficient (Wildman–Crippen LogP) is 2.49. The Bertz CT molecular complexity index is 855. The van der Waals surface area contributed by atoms with E-state index in [0.29, 0.717) is 5.69 Å². The van der Waals surface area contributed by atoms with E-state index in [1.165, 1.54) is 23.1 Å². The molecule has 2 N–H and O–H groups in total. The first-order valence-corrected chi connectivity index (χ1v) is 8.26. The Balaban J connectivity index is 1.73. The number of benzene rings is 2. The van der Waals surface area contributed by atoms with Gasteiger partial charge in [0.1, 0.15) is 0 Å². The van der Waals surface area contributed by atoms with Crippen LogP contribution in [0.5, 0.6) is 0 Å². The van der Waals surface area contributed by atoms with E-state index in [9.17, 15) is 27.9 Å². The Hall–Kier alpha value is -2.87. The Morgan fingerprint density at radius 2 is 1.74 bits per heavy atom.